The fourth-order valence-electron chi connectivity index (χ4n) is 0.944. The van der Waals surface area contributed by atoms with Crippen LogP contribution in [-0.2, 0) is 4.79 Å². The van der Waals surface area contributed by atoms with Crippen LogP contribution in [0.1, 0.15) is 12.0 Å². The molecule has 0 radical (unpaired) electrons. The second kappa shape index (κ2) is 5.95. The van der Waals surface area contributed by atoms with E-state index in [1.165, 1.54) is 5.56 Å². The Morgan fingerprint density at radius 3 is 2.54 bits per heavy atom. The summed E-state index contributed by atoms with van der Waals surface area (Å²) in [7, 11) is 0. The molecule has 0 aliphatic heterocycles. The van der Waals surface area contributed by atoms with Gasteiger partial charge in [-0.2, -0.15) is 0 Å². The third-order valence-corrected chi connectivity index (χ3v) is 1.57. The molecule has 0 N–H and O–H groups in total. The number of carbonyl (C=O) groups excluding carboxylic acids is 1. The highest BCUT2D eigenvalue weighted by Crippen LogP contribution is 2.00. The SMILES string of the molecule is O=CCC=CC=Cc1ccccc1. The summed E-state index contributed by atoms with van der Waals surface area (Å²) < 4.78 is 0. The number of benzene rings is 1. The molecule has 1 heteroatoms. The van der Waals surface area contributed by atoms with E-state index in [1.807, 2.05) is 54.6 Å². The molecule has 0 amide bonds. The Labute approximate surface area is 78.4 Å². The Hall–Kier alpha value is -1.63. The van der Waals surface area contributed by atoms with E-state index in [2.05, 4.69) is 0 Å². The highest BCUT2D eigenvalue weighted by atomic mass is 16.1. The number of carbonyl (C=O) groups is 1. The minimum absolute atomic E-state index is 0.485. The van der Waals surface area contributed by atoms with Gasteiger partial charge >= 0.3 is 0 Å². The standard InChI is InChI=1S/C12H12O/c13-11-7-2-1-4-8-12-9-5-3-6-10-12/h1-6,8-11H,7H2. The van der Waals surface area contributed by atoms with Gasteiger partial charge in [-0.05, 0) is 5.56 Å². The second-order valence-electron chi connectivity index (χ2n) is 2.60. The molecule has 0 saturated heterocycles. The van der Waals surface area contributed by atoms with Crippen LogP contribution in [0.2, 0.25) is 0 Å². The normalized spacial score (nSPS) is 11.1. The summed E-state index contributed by atoms with van der Waals surface area (Å²) >= 11 is 0. The molecule has 1 aromatic carbocycles. The Bertz CT molecular complexity index is 296. The van der Waals surface area contributed by atoms with E-state index in [0.29, 0.717) is 6.42 Å². The lowest BCUT2D eigenvalue weighted by Gasteiger charge is -1.87. The van der Waals surface area contributed by atoms with Crippen LogP contribution in [0.3, 0.4) is 0 Å². The molecule has 0 fully saturated rings. The lowest BCUT2D eigenvalue weighted by Crippen LogP contribution is -1.67. The van der Waals surface area contributed by atoms with Crippen molar-refractivity contribution in [3.05, 3.63) is 54.1 Å². The number of allylic oxidation sites excluding steroid dienone is 3. The molecule has 0 aliphatic carbocycles. The molecule has 0 atom stereocenters. The first-order valence-electron chi connectivity index (χ1n) is 4.25. The van der Waals surface area contributed by atoms with Crippen molar-refractivity contribution in [1.29, 1.82) is 0 Å². The Morgan fingerprint density at radius 2 is 1.85 bits per heavy atom. The van der Waals surface area contributed by atoms with Crippen LogP contribution < -0.4 is 0 Å². The zero-order valence-electron chi connectivity index (χ0n) is 7.39. The average Bonchev–Trinajstić information content (AvgIpc) is 2.19. The monoisotopic (exact) mass is 172 g/mol. The van der Waals surface area contributed by atoms with Crippen LogP contribution in [-0.4, -0.2) is 6.29 Å². The van der Waals surface area contributed by atoms with Crippen LogP contribution >= 0.6 is 0 Å². The molecule has 13 heavy (non-hydrogen) atoms. The van der Waals surface area contributed by atoms with Gasteiger partial charge in [-0.1, -0.05) is 54.6 Å². The smallest absolute Gasteiger partial charge is 0.123 e. The van der Waals surface area contributed by atoms with Gasteiger partial charge in [0.05, 0.1) is 0 Å². The molecule has 1 nitrogen and oxygen atoms in total. The van der Waals surface area contributed by atoms with Gasteiger partial charge in [0.2, 0.25) is 0 Å². The molecule has 66 valence electrons. The minimum Gasteiger partial charge on any atom is -0.303 e. The molecular weight excluding hydrogens is 160 g/mol. The minimum atomic E-state index is 0.485. The average molecular weight is 172 g/mol. The largest absolute Gasteiger partial charge is 0.303 e. The predicted octanol–water partition coefficient (Wildman–Crippen LogP) is 2.85. The summed E-state index contributed by atoms with van der Waals surface area (Å²) in [6, 6.07) is 10.0. The van der Waals surface area contributed by atoms with Crippen LogP contribution in [0, 0.1) is 0 Å². The van der Waals surface area contributed by atoms with Gasteiger partial charge in [0.15, 0.2) is 0 Å². The Balaban J connectivity index is 2.45. The Kier molecular flexibility index (Phi) is 4.33. The van der Waals surface area contributed by atoms with Crippen LogP contribution in [0.5, 0.6) is 0 Å². The van der Waals surface area contributed by atoms with E-state index in [4.69, 9.17) is 0 Å². The molecule has 0 unspecified atom stereocenters. The van der Waals surface area contributed by atoms with Gasteiger partial charge in [0, 0.05) is 6.42 Å². The van der Waals surface area contributed by atoms with Crippen molar-refractivity contribution in [2.75, 3.05) is 0 Å². The zero-order chi connectivity index (χ0) is 9.36. The first-order chi connectivity index (χ1) is 6.43. The first kappa shape index (κ1) is 9.46. The summed E-state index contributed by atoms with van der Waals surface area (Å²) in [5.41, 5.74) is 1.17. The van der Waals surface area contributed by atoms with Gasteiger partial charge in [-0.15, -0.1) is 0 Å². The van der Waals surface area contributed by atoms with Gasteiger partial charge in [-0.25, -0.2) is 0 Å². The van der Waals surface area contributed by atoms with Crippen molar-refractivity contribution >= 4 is 12.4 Å². The number of rotatable bonds is 4. The number of hydrogen-bond donors (Lipinski definition) is 0. The van der Waals surface area contributed by atoms with Gasteiger partial charge in [0.1, 0.15) is 6.29 Å². The van der Waals surface area contributed by atoms with Crippen molar-refractivity contribution in [2.24, 2.45) is 0 Å². The maximum absolute atomic E-state index is 9.96. The maximum atomic E-state index is 9.96. The van der Waals surface area contributed by atoms with Crippen molar-refractivity contribution in [1.82, 2.24) is 0 Å². The summed E-state index contributed by atoms with van der Waals surface area (Å²) in [6.45, 7) is 0. The van der Waals surface area contributed by atoms with Crippen LogP contribution in [0.4, 0.5) is 0 Å². The molecule has 0 aromatic heterocycles. The summed E-state index contributed by atoms with van der Waals surface area (Å²) in [6.07, 6.45) is 9.00. The second-order valence-corrected chi connectivity index (χ2v) is 2.60. The van der Waals surface area contributed by atoms with E-state index >= 15 is 0 Å². The van der Waals surface area contributed by atoms with E-state index in [-0.39, 0.29) is 0 Å². The van der Waals surface area contributed by atoms with Crippen LogP contribution in [0.25, 0.3) is 6.08 Å². The van der Waals surface area contributed by atoms with Gasteiger partial charge < -0.3 is 4.79 Å². The van der Waals surface area contributed by atoms with Crippen molar-refractivity contribution in [2.45, 2.75) is 6.42 Å². The molecule has 1 rings (SSSR count). The molecule has 0 aliphatic rings. The van der Waals surface area contributed by atoms with E-state index in [1.54, 1.807) is 0 Å². The molecule has 1 aromatic rings. The van der Waals surface area contributed by atoms with Gasteiger partial charge in [-0.3, -0.25) is 0 Å². The van der Waals surface area contributed by atoms with Crippen molar-refractivity contribution in [3.8, 4) is 0 Å². The fourth-order valence-corrected chi connectivity index (χ4v) is 0.944. The predicted molar refractivity (Wildman–Crippen MR) is 55.3 cm³/mol. The molecule has 0 bridgehead atoms. The molecule has 0 spiro atoms. The quantitative estimate of drug-likeness (QED) is 0.504. The molecular formula is C12H12O. The zero-order valence-corrected chi connectivity index (χ0v) is 7.39. The third kappa shape index (κ3) is 4.06. The number of aldehydes is 1. The highest BCUT2D eigenvalue weighted by molar-refractivity contribution is 5.53. The first-order valence-corrected chi connectivity index (χ1v) is 4.25. The fraction of sp³-hybridized carbons (Fsp3) is 0.0833. The summed E-state index contributed by atoms with van der Waals surface area (Å²) in [5, 5.41) is 0. The Morgan fingerprint density at radius 1 is 1.08 bits per heavy atom. The topological polar surface area (TPSA) is 17.1 Å². The third-order valence-electron chi connectivity index (χ3n) is 1.57. The number of hydrogen-bond acceptors (Lipinski definition) is 1. The van der Waals surface area contributed by atoms with E-state index < -0.39 is 0 Å². The molecule has 0 heterocycles. The van der Waals surface area contributed by atoms with Crippen LogP contribution in [0.15, 0.2) is 48.6 Å². The summed E-state index contributed by atoms with van der Waals surface area (Å²) in [5.74, 6) is 0. The lowest BCUT2D eigenvalue weighted by atomic mass is 10.2. The van der Waals surface area contributed by atoms with E-state index in [9.17, 15) is 4.79 Å². The van der Waals surface area contributed by atoms with Crippen molar-refractivity contribution < 1.29 is 4.79 Å². The summed E-state index contributed by atoms with van der Waals surface area (Å²) in [4.78, 5) is 9.96. The van der Waals surface area contributed by atoms with Gasteiger partial charge in [0.25, 0.3) is 0 Å². The lowest BCUT2D eigenvalue weighted by molar-refractivity contribution is -0.107. The van der Waals surface area contributed by atoms with E-state index in [0.717, 1.165) is 6.29 Å². The van der Waals surface area contributed by atoms with Crippen molar-refractivity contribution in [3.63, 3.8) is 0 Å². The maximum Gasteiger partial charge on any atom is 0.123 e. The molecule has 0 saturated carbocycles. The highest BCUT2D eigenvalue weighted by Gasteiger charge is 1.79.